The van der Waals surface area contributed by atoms with Crippen LogP contribution in [-0.2, 0) is 25.6 Å². The minimum absolute atomic E-state index is 0.0445. The number of amides is 2. The Labute approximate surface area is 216 Å². The predicted octanol–water partition coefficient (Wildman–Crippen LogP) is 5.93. The Kier molecular flexibility index (Phi) is 6.74. The van der Waals surface area contributed by atoms with Crippen molar-refractivity contribution in [2.45, 2.75) is 32.6 Å². The molecule has 9 nitrogen and oxygen atoms in total. The molecule has 186 valence electrons. The number of aromatic hydroxyl groups is 1. The highest BCUT2D eigenvalue weighted by atomic mass is 32.1. The number of hydrogen-bond donors (Lipinski definition) is 1. The Morgan fingerprint density at radius 2 is 1.81 bits per heavy atom. The van der Waals surface area contributed by atoms with E-state index in [2.05, 4.69) is 23.2 Å². The van der Waals surface area contributed by atoms with E-state index < -0.39 is 17.8 Å². The third kappa shape index (κ3) is 5.39. The zero-order valence-electron chi connectivity index (χ0n) is 19.9. The van der Waals surface area contributed by atoms with E-state index in [1.54, 1.807) is 23.5 Å². The molecule has 0 aliphatic carbocycles. The summed E-state index contributed by atoms with van der Waals surface area (Å²) in [4.78, 5) is 44.8. The quantitative estimate of drug-likeness (QED) is 0.241. The number of benzene rings is 3. The van der Waals surface area contributed by atoms with Gasteiger partial charge in [-0.1, -0.05) is 18.2 Å². The zero-order valence-corrected chi connectivity index (χ0v) is 20.7. The van der Waals surface area contributed by atoms with Crippen molar-refractivity contribution < 1.29 is 24.3 Å². The van der Waals surface area contributed by atoms with E-state index in [1.165, 1.54) is 16.3 Å². The maximum absolute atomic E-state index is 12.1. The number of thiazole rings is 1. The lowest BCUT2D eigenvalue weighted by Crippen LogP contribution is -2.32. The molecule has 0 unspecified atom stereocenters. The van der Waals surface area contributed by atoms with Gasteiger partial charge in [0.1, 0.15) is 16.4 Å². The van der Waals surface area contributed by atoms with Crippen LogP contribution in [0.4, 0.5) is 11.4 Å². The van der Waals surface area contributed by atoms with Crippen LogP contribution in [0.15, 0.2) is 70.9 Å². The number of carbonyl (C=O) groups excluding carboxylic acids is 3. The minimum atomic E-state index is -0.691. The van der Waals surface area contributed by atoms with Gasteiger partial charge in [0.25, 0.3) is 11.8 Å². The first-order chi connectivity index (χ1) is 17.9. The molecule has 1 aliphatic rings. The fourth-order valence-corrected chi connectivity index (χ4v) is 4.89. The average molecular weight is 515 g/mol. The predicted molar refractivity (Wildman–Crippen MR) is 138 cm³/mol. The molecule has 1 aliphatic heterocycles. The van der Waals surface area contributed by atoms with Gasteiger partial charge in [-0.3, -0.25) is 9.59 Å². The minimum Gasteiger partial charge on any atom is -0.506 e. The van der Waals surface area contributed by atoms with Crippen LogP contribution in [0.3, 0.4) is 0 Å². The third-order valence-corrected chi connectivity index (χ3v) is 7.11. The largest absolute Gasteiger partial charge is 0.506 e. The zero-order chi connectivity index (χ0) is 25.9. The van der Waals surface area contributed by atoms with E-state index in [9.17, 15) is 19.5 Å². The average Bonchev–Trinajstić information content (AvgIpc) is 3.47. The van der Waals surface area contributed by atoms with E-state index in [-0.39, 0.29) is 37.1 Å². The highest BCUT2D eigenvalue weighted by molar-refractivity contribution is 7.21. The van der Waals surface area contributed by atoms with Crippen molar-refractivity contribution in [3.8, 4) is 16.3 Å². The molecule has 0 bridgehead atoms. The van der Waals surface area contributed by atoms with E-state index in [0.717, 1.165) is 16.1 Å². The lowest BCUT2D eigenvalue weighted by Gasteiger charge is -2.12. The third-order valence-electron chi connectivity index (χ3n) is 5.86. The molecule has 1 N–H and O–H groups in total. The van der Waals surface area contributed by atoms with Crippen LogP contribution in [0.1, 0.15) is 30.4 Å². The van der Waals surface area contributed by atoms with Gasteiger partial charge in [-0.25, -0.2) is 9.78 Å². The van der Waals surface area contributed by atoms with Crippen LogP contribution < -0.4 is 0 Å². The van der Waals surface area contributed by atoms with Crippen LogP contribution >= 0.6 is 11.3 Å². The number of fused-ring (bicyclic) bond motifs is 1. The Morgan fingerprint density at radius 1 is 1.05 bits per heavy atom. The summed E-state index contributed by atoms with van der Waals surface area (Å²) in [5.41, 5.74) is 4.72. The summed E-state index contributed by atoms with van der Waals surface area (Å²) in [5.74, 6) is -1.78. The number of nitrogens with zero attached hydrogens (tertiary/aromatic N) is 4. The Hall–Kier alpha value is -4.44. The number of carbonyl (C=O) groups is 3. The monoisotopic (exact) mass is 514 g/mol. The van der Waals surface area contributed by atoms with Gasteiger partial charge in [-0.2, -0.15) is 5.11 Å². The first-order valence-corrected chi connectivity index (χ1v) is 12.5. The molecule has 1 aromatic heterocycles. The number of azo groups is 1. The van der Waals surface area contributed by atoms with Crippen molar-refractivity contribution in [1.29, 1.82) is 0 Å². The molecule has 3 aromatic carbocycles. The summed E-state index contributed by atoms with van der Waals surface area (Å²) in [6, 6.07) is 18.3. The van der Waals surface area contributed by atoms with E-state index >= 15 is 0 Å². The molecule has 0 saturated carbocycles. The lowest BCUT2D eigenvalue weighted by molar-refractivity contribution is -0.197. The highest BCUT2D eigenvalue weighted by Gasteiger charge is 2.32. The maximum Gasteiger partial charge on any atom is 0.333 e. The first-order valence-electron chi connectivity index (χ1n) is 11.6. The van der Waals surface area contributed by atoms with Crippen molar-refractivity contribution in [1.82, 2.24) is 10.0 Å². The van der Waals surface area contributed by atoms with Crippen LogP contribution in [-0.4, -0.2) is 32.9 Å². The molecule has 1 saturated heterocycles. The number of imide groups is 1. The topological polar surface area (TPSA) is 122 Å². The summed E-state index contributed by atoms with van der Waals surface area (Å²) >= 11 is 1.64. The lowest BCUT2D eigenvalue weighted by atomic mass is 10.1. The van der Waals surface area contributed by atoms with Gasteiger partial charge in [0, 0.05) is 18.4 Å². The van der Waals surface area contributed by atoms with E-state index in [1.807, 2.05) is 36.4 Å². The van der Waals surface area contributed by atoms with Gasteiger partial charge >= 0.3 is 5.97 Å². The second kappa shape index (κ2) is 10.3. The SMILES string of the molecule is Cc1cccc2nc(-c3ccc(N=Nc4cc(CCC(=O)ON5C(=O)CCC5=O)ccc4O)cc3)sc12. The molecule has 0 atom stereocenters. The Balaban J connectivity index is 1.23. The van der Waals surface area contributed by atoms with Crippen molar-refractivity contribution >= 4 is 50.7 Å². The Morgan fingerprint density at radius 3 is 2.54 bits per heavy atom. The molecule has 2 heterocycles. The summed E-state index contributed by atoms with van der Waals surface area (Å²) in [5, 5.41) is 20.0. The maximum atomic E-state index is 12.1. The van der Waals surface area contributed by atoms with Crippen LogP contribution in [0.2, 0.25) is 0 Å². The van der Waals surface area contributed by atoms with Gasteiger partial charge in [0.05, 0.1) is 22.3 Å². The number of phenolic OH excluding ortho intramolecular Hbond substituents is 1. The number of aromatic nitrogens is 1. The number of rotatable bonds is 7. The molecule has 37 heavy (non-hydrogen) atoms. The second-order valence-corrected chi connectivity index (χ2v) is 9.56. The van der Waals surface area contributed by atoms with E-state index in [0.29, 0.717) is 16.3 Å². The van der Waals surface area contributed by atoms with Crippen LogP contribution in [0, 0.1) is 6.92 Å². The molecule has 1 fully saturated rings. The fourth-order valence-electron chi connectivity index (χ4n) is 3.85. The van der Waals surface area contributed by atoms with E-state index in [4.69, 9.17) is 9.82 Å². The van der Waals surface area contributed by atoms with Crippen LogP contribution in [0.25, 0.3) is 20.8 Å². The normalized spacial score (nSPS) is 13.7. The van der Waals surface area contributed by atoms with Crippen molar-refractivity contribution in [3.05, 3.63) is 71.8 Å². The van der Waals surface area contributed by atoms with Gasteiger partial charge in [-0.15, -0.1) is 21.5 Å². The molecule has 5 rings (SSSR count). The summed E-state index contributed by atoms with van der Waals surface area (Å²) < 4.78 is 1.17. The number of aryl methyl sites for hydroxylation is 2. The standard InChI is InChI=1S/C27H22N4O5S/c1-16-3-2-4-20-26(16)37-27(28-20)18-7-9-19(10-8-18)29-30-21-15-17(5-11-22(21)32)6-14-25(35)36-31-23(33)12-13-24(31)34/h2-5,7-11,15,32H,6,12-14H2,1H3. The van der Waals surface area contributed by atoms with Gasteiger partial charge < -0.3 is 9.94 Å². The highest BCUT2D eigenvalue weighted by Crippen LogP contribution is 2.34. The summed E-state index contributed by atoms with van der Waals surface area (Å²) in [7, 11) is 0. The first kappa shape index (κ1) is 24.3. The van der Waals surface area contributed by atoms with Crippen molar-refractivity contribution in [2.75, 3.05) is 0 Å². The molecule has 10 heteroatoms. The second-order valence-electron chi connectivity index (χ2n) is 8.56. The molecular weight excluding hydrogens is 492 g/mol. The van der Waals surface area contributed by atoms with Gasteiger partial charge in [-0.05, 0) is 66.9 Å². The smallest absolute Gasteiger partial charge is 0.333 e. The summed E-state index contributed by atoms with van der Waals surface area (Å²) in [6.45, 7) is 2.07. The molecule has 0 spiro atoms. The molecule has 0 radical (unpaired) electrons. The van der Waals surface area contributed by atoms with Gasteiger partial charge in [0.2, 0.25) is 0 Å². The molecular formula is C27H22N4O5S. The molecule has 2 amide bonds. The summed E-state index contributed by atoms with van der Waals surface area (Å²) in [6.07, 6.45) is 0.311. The van der Waals surface area contributed by atoms with Crippen LogP contribution in [0.5, 0.6) is 5.75 Å². The fraction of sp³-hybridized carbons (Fsp3) is 0.185. The molecule has 4 aromatic rings. The van der Waals surface area contributed by atoms with Crippen molar-refractivity contribution in [3.63, 3.8) is 0 Å². The number of hydroxylamine groups is 2. The Bertz CT molecular complexity index is 1530. The van der Waals surface area contributed by atoms with Crippen molar-refractivity contribution in [2.24, 2.45) is 10.2 Å². The number of phenols is 1. The van der Waals surface area contributed by atoms with Gasteiger partial charge in [0.15, 0.2) is 0 Å². The number of hydrogen-bond acceptors (Lipinski definition) is 9.